The molecule has 0 aliphatic carbocycles. The topological polar surface area (TPSA) is 68.3 Å². The number of nitrogens with zero attached hydrogens (tertiary/aromatic N) is 2. The van der Waals surface area contributed by atoms with Gasteiger partial charge in [-0.05, 0) is 48.6 Å². The predicted molar refractivity (Wildman–Crippen MR) is 96.6 cm³/mol. The van der Waals surface area contributed by atoms with Crippen molar-refractivity contribution in [2.24, 2.45) is 0 Å². The van der Waals surface area contributed by atoms with E-state index < -0.39 is 0 Å². The predicted octanol–water partition coefficient (Wildman–Crippen LogP) is 3.85. The molecule has 122 valence electrons. The standard InChI is InChI=1S/C20H14N2O3/c23-15-6-3-5-14(13-15)22-19(11-10-16-7-4-12-25-16)21-18-9-2-1-8-17(18)20(22)24/h1-13,23H/b11-10+. The molecule has 0 aliphatic rings. The Morgan fingerprint density at radius 1 is 1.00 bits per heavy atom. The van der Waals surface area contributed by atoms with Crippen LogP contribution in [0.15, 0.2) is 76.1 Å². The maximum Gasteiger partial charge on any atom is 0.266 e. The van der Waals surface area contributed by atoms with Gasteiger partial charge in [-0.1, -0.05) is 18.2 Å². The third kappa shape index (κ3) is 2.83. The fourth-order valence-corrected chi connectivity index (χ4v) is 2.69. The van der Waals surface area contributed by atoms with E-state index >= 15 is 0 Å². The molecule has 0 saturated carbocycles. The number of furan rings is 1. The number of phenols is 1. The van der Waals surface area contributed by atoms with Crippen molar-refractivity contribution in [1.29, 1.82) is 0 Å². The highest BCUT2D eigenvalue weighted by molar-refractivity contribution is 5.79. The summed E-state index contributed by atoms with van der Waals surface area (Å²) in [6.45, 7) is 0. The molecule has 2 aromatic heterocycles. The Kier molecular flexibility index (Phi) is 3.67. The van der Waals surface area contributed by atoms with Crippen molar-refractivity contribution in [2.45, 2.75) is 0 Å². The number of aromatic hydroxyl groups is 1. The van der Waals surface area contributed by atoms with Crippen molar-refractivity contribution in [1.82, 2.24) is 9.55 Å². The largest absolute Gasteiger partial charge is 0.508 e. The minimum absolute atomic E-state index is 0.0820. The minimum Gasteiger partial charge on any atom is -0.508 e. The van der Waals surface area contributed by atoms with Crippen LogP contribution in [-0.2, 0) is 0 Å². The second-order valence-electron chi connectivity index (χ2n) is 5.50. The Labute approximate surface area is 143 Å². The fraction of sp³-hybridized carbons (Fsp3) is 0. The number of benzene rings is 2. The summed E-state index contributed by atoms with van der Waals surface area (Å²) in [5.74, 6) is 1.19. The Morgan fingerprint density at radius 2 is 1.88 bits per heavy atom. The molecule has 1 N–H and O–H groups in total. The normalized spacial score (nSPS) is 11.4. The van der Waals surface area contributed by atoms with Crippen LogP contribution in [0.1, 0.15) is 11.6 Å². The highest BCUT2D eigenvalue weighted by atomic mass is 16.3. The molecule has 4 aromatic rings. The van der Waals surface area contributed by atoms with E-state index in [9.17, 15) is 9.90 Å². The fourth-order valence-electron chi connectivity index (χ4n) is 2.69. The molecule has 0 fully saturated rings. The van der Waals surface area contributed by atoms with Crippen molar-refractivity contribution in [2.75, 3.05) is 0 Å². The number of para-hydroxylation sites is 1. The average molecular weight is 330 g/mol. The molecule has 0 bridgehead atoms. The summed E-state index contributed by atoms with van der Waals surface area (Å²) in [7, 11) is 0. The molecule has 5 heteroatoms. The SMILES string of the molecule is O=c1c2ccccc2nc(/C=C/c2ccco2)n1-c1cccc(O)c1. The smallest absolute Gasteiger partial charge is 0.266 e. The highest BCUT2D eigenvalue weighted by Crippen LogP contribution is 2.18. The molecular weight excluding hydrogens is 316 g/mol. The van der Waals surface area contributed by atoms with Crippen LogP contribution >= 0.6 is 0 Å². The molecule has 4 rings (SSSR count). The van der Waals surface area contributed by atoms with E-state index in [2.05, 4.69) is 4.98 Å². The number of fused-ring (bicyclic) bond motifs is 1. The summed E-state index contributed by atoms with van der Waals surface area (Å²) in [6.07, 6.45) is 5.04. The molecule has 0 unspecified atom stereocenters. The van der Waals surface area contributed by atoms with Crippen molar-refractivity contribution in [3.8, 4) is 11.4 Å². The molecule has 0 saturated heterocycles. The summed E-state index contributed by atoms with van der Waals surface area (Å²) in [6, 6.07) is 17.3. The Bertz CT molecular complexity index is 1130. The zero-order chi connectivity index (χ0) is 17.2. The van der Waals surface area contributed by atoms with Gasteiger partial charge in [0, 0.05) is 6.07 Å². The summed E-state index contributed by atoms with van der Waals surface area (Å²) in [4.78, 5) is 17.6. The van der Waals surface area contributed by atoms with E-state index in [-0.39, 0.29) is 11.3 Å². The molecular formula is C20H14N2O3. The maximum absolute atomic E-state index is 13.0. The highest BCUT2D eigenvalue weighted by Gasteiger charge is 2.11. The van der Waals surface area contributed by atoms with Gasteiger partial charge in [-0.15, -0.1) is 0 Å². The van der Waals surface area contributed by atoms with Gasteiger partial charge in [-0.3, -0.25) is 9.36 Å². The van der Waals surface area contributed by atoms with Gasteiger partial charge in [0.1, 0.15) is 17.3 Å². The molecule has 25 heavy (non-hydrogen) atoms. The number of phenolic OH excluding ortho intramolecular Hbond substituents is 1. The molecule has 0 aliphatic heterocycles. The van der Waals surface area contributed by atoms with Gasteiger partial charge >= 0.3 is 0 Å². The molecule has 2 heterocycles. The first-order valence-electron chi connectivity index (χ1n) is 7.75. The van der Waals surface area contributed by atoms with Crippen LogP contribution in [-0.4, -0.2) is 14.7 Å². The van der Waals surface area contributed by atoms with Crippen LogP contribution < -0.4 is 5.56 Å². The van der Waals surface area contributed by atoms with E-state index in [0.29, 0.717) is 28.2 Å². The summed E-state index contributed by atoms with van der Waals surface area (Å²) >= 11 is 0. The zero-order valence-corrected chi connectivity index (χ0v) is 13.2. The summed E-state index contributed by atoms with van der Waals surface area (Å²) in [5.41, 5.74) is 0.959. The number of aromatic nitrogens is 2. The van der Waals surface area contributed by atoms with Crippen LogP contribution in [0.2, 0.25) is 0 Å². The van der Waals surface area contributed by atoms with Gasteiger partial charge in [0.15, 0.2) is 0 Å². The van der Waals surface area contributed by atoms with Crippen molar-refractivity contribution in [3.63, 3.8) is 0 Å². The molecule has 0 atom stereocenters. The maximum atomic E-state index is 13.0. The first-order chi connectivity index (χ1) is 12.2. The minimum atomic E-state index is -0.199. The molecule has 0 amide bonds. The van der Waals surface area contributed by atoms with Crippen LogP contribution in [0.25, 0.3) is 28.7 Å². The second kappa shape index (κ2) is 6.13. The quantitative estimate of drug-likeness (QED) is 0.619. The summed E-state index contributed by atoms with van der Waals surface area (Å²) in [5, 5.41) is 10.3. The monoisotopic (exact) mass is 330 g/mol. The third-order valence-corrected chi connectivity index (χ3v) is 3.83. The van der Waals surface area contributed by atoms with Gasteiger partial charge in [0.05, 0.1) is 22.9 Å². The molecule has 2 aromatic carbocycles. The Hall–Kier alpha value is -3.60. The average Bonchev–Trinajstić information content (AvgIpc) is 3.13. The second-order valence-corrected chi connectivity index (χ2v) is 5.50. The first kappa shape index (κ1) is 15.0. The van der Waals surface area contributed by atoms with Gasteiger partial charge in [-0.25, -0.2) is 4.98 Å². The van der Waals surface area contributed by atoms with Crippen LogP contribution in [0.4, 0.5) is 0 Å². The van der Waals surface area contributed by atoms with Gasteiger partial charge in [-0.2, -0.15) is 0 Å². The number of hydrogen-bond acceptors (Lipinski definition) is 4. The Balaban J connectivity index is 1.99. The van der Waals surface area contributed by atoms with Crippen LogP contribution in [0.3, 0.4) is 0 Å². The van der Waals surface area contributed by atoms with Crippen LogP contribution in [0.5, 0.6) is 5.75 Å². The molecule has 0 spiro atoms. The molecule has 0 radical (unpaired) electrons. The van der Waals surface area contributed by atoms with E-state index in [1.807, 2.05) is 12.1 Å². The lowest BCUT2D eigenvalue weighted by molar-refractivity contribution is 0.475. The lowest BCUT2D eigenvalue weighted by atomic mass is 10.2. The lowest BCUT2D eigenvalue weighted by Crippen LogP contribution is -2.22. The Morgan fingerprint density at radius 3 is 2.68 bits per heavy atom. The molecule has 5 nitrogen and oxygen atoms in total. The van der Waals surface area contributed by atoms with E-state index in [1.54, 1.807) is 60.9 Å². The van der Waals surface area contributed by atoms with E-state index in [4.69, 9.17) is 4.42 Å². The third-order valence-electron chi connectivity index (χ3n) is 3.83. The summed E-state index contributed by atoms with van der Waals surface area (Å²) < 4.78 is 6.77. The van der Waals surface area contributed by atoms with Crippen molar-refractivity contribution < 1.29 is 9.52 Å². The van der Waals surface area contributed by atoms with E-state index in [0.717, 1.165) is 0 Å². The van der Waals surface area contributed by atoms with Gasteiger partial charge < -0.3 is 9.52 Å². The van der Waals surface area contributed by atoms with Crippen molar-refractivity contribution >= 4 is 23.1 Å². The van der Waals surface area contributed by atoms with Gasteiger partial charge in [0.2, 0.25) is 0 Å². The van der Waals surface area contributed by atoms with Crippen molar-refractivity contribution in [3.05, 3.63) is 88.9 Å². The van der Waals surface area contributed by atoms with Crippen LogP contribution in [0, 0.1) is 0 Å². The first-order valence-corrected chi connectivity index (χ1v) is 7.75. The van der Waals surface area contributed by atoms with E-state index in [1.165, 1.54) is 10.6 Å². The lowest BCUT2D eigenvalue weighted by Gasteiger charge is -2.11. The zero-order valence-electron chi connectivity index (χ0n) is 13.2. The van der Waals surface area contributed by atoms with Gasteiger partial charge in [0.25, 0.3) is 5.56 Å². The number of rotatable bonds is 3. The number of hydrogen-bond donors (Lipinski definition) is 1.